The highest BCUT2D eigenvalue weighted by Gasteiger charge is 2.15. The van der Waals surface area contributed by atoms with Crippen LogP contribution >= 0.6 is 0 Å². The molecular weight excluding hydrogens is 416 g/mol. The van der Waals surface area contributed by atoms with Gasteiger partial charge in [0.1, 0.15) is 11.5 Å². The van der Waals surface area contributed by atoms with E-state index in [2.05, 4.69) is 10.6 Å². The monoisotopic (exact) mass is 440 g/mol. The van der Waals surface area contributed by atoms with E-state index in [0.717, 1.165) is 11.1 Å². The molecule has 6 nitrogen and oxygen atoms in total. The number of furan rings is 1. The lowest BCUT2D eigenvalue weighted by Gasteiger charge is -2.15. The van der Waals surface area contributed by atoms with Gasteiger partial charge in [0.15, 0.2) is 6.10 Å². The van der Waals surface area contributed by atoms with Gasteiger partial charge in [0.2, 0.25) is 0 Å². The topological polar surface area (TPSA) is 80.6 Å². The Bertz CT molecular complexity index is 1190. The van der Waals surface area contributed by atoms with Crippen LogP contribution in [0.3, 0.4) is 0 Å². The van der Waals surface area contributed by atoms with Gasteiger partial charge < -0.3 is 19.8 Å². The zero-order valence-electron chi connectivity index (χ0n) is 18.2. The number of hydrogen-bond donors (Lipinski definition) is 2. The fourth-order valence-electron chi connectivity index (χ4n) is 3.25. The van der Waals surface area contributed by atoms with Gasteiger partial charge in [-0.3, -0.25) is 9.59 Å². The number of ether oxygens (including phenoxy) is 1. The van der Waals surface area contributed by atoms with Crippen LogP contribution < -0.4 is 15.4 Å². The molecule has 0 saturated heterocycles. The minimum Gasteiger partial charge on any atom is -0.481 e. The lowest BCUT2D eigenvalue weighted by molar-refractivity contribution is -0.122. The molecule has 0 aliphatic heterocycles. The largest absolute Gasteiger partial charge is 0.481 e. The van der Waals surface area contributed by atoms with E-state index in [1.165, 1.54) is 0 Å². The highest BCUT2D eigenvalue weighted by molar-refractivity contribution is 5.96. The van der Waals surface area contributed by atoms with E-state index in [9.17, 15) is 9.59 Å². The molecule has 0 aliphatic rings. The number of benzene rings is 3. The van der Waals surface area contributed by atoms with E-state index >= 15 is 0 Å². The van der Waals surface area contributed by atoms with Crippen molar-refractivity contribution in [1.29, 1.82) is 0 Å². The molecule has 4 aromatic rings. The standard InChI is InChI=1S/C27H24N2O4/c1-19(33-24-15-11-21(12-16-24)20-6-3-2-4-7-20)26(30)29-23-13-9-22(10-14-23)27(31)28-18-25-8-5-17-32-25/h2-17,19H,18H2,1H3,(H,28,31)(H,29,30). The Morgan fingerprint density at radius 2 is 1.55 bits per heavy atom. The molecule has 1 aromatic heterocycles. The Balaban J connectivity index is 1.29. The minimum atomic E-state index is -0.691. The van der Waals surface area contributed by atoms with Crippen molar-refractivity contribution in [2.24, 2.45) is 0 Å². The minimum absolute atomic E-state index is 0.222. The van der Waals surface area contributed by atoms with Gasteiger partial charge in [0.25, 0.3) is 11.8 Å². The van der Waals surface area contributed by atoms with Crippen molar-refractivity contribution in [3.05, 3.63) is 109 Å². The maximum absolute atomic E-state index is 12.5. The Hall–Kier alpha value is -4.32. The molecule has 2 amide bonds. The quantitative estimate of drug-likeness (QED) is 0.391. The van der Waals surface area contributed by atoms with E-state index in [4.69, 9.17) is 9.15 Å². The van der Waals surface area contributed by atoms with Crippen molar-refractivity contribution in [3.63, 3.8) is 0 Å². The Morgan fingerprint density at radius 3 is 2.21 bits per heavy atom. The Kier molecular flexibility index (Phi) is 6.85. The summed E-state index contributed by atoms with van der Waals surface area (Å²) >= 11 is 0. The van der Waals surface area contributed by atoms with E-state index in [1.807, 2.05) is 54.6 Å². The van der Waals surface area contributed by atoms with E-state index in [1.54, 1.807) is 49.6 Å². The van der Waals surface area contributed by atoms with Crippen molar-refractivity contribution in [1.82, 2.24) is 5.32 Å². The third-order valence-electron chi connectivity index (χ3n) is 5.06. The number of amides is 2. The van der Waals surface area contributed by atoms with E-state index in [0.29, 0.717) is 29.3 Å². The highest BCUT2D eigenvalue weighted by Crippen LogP contribution is 2.23. The fraction of sp³-hybridized carbons (Fsp3) is 0.111. The second-order valence-corrected chi connectivity index (χ2v) is 7.48. The van der Waals surface area contributed by atoms with Gasteiger partial charge in [-0.05, 0) is 66.6 Å². The first kappa shape index (κ1) is 21.9. The number of rotatable bonds is 8. The number of hydrogen-bond acceptors (Lipinski definition) is 4. The molecule has 0 saturated carbocycles. The third kappa shape index (κ3) is 5.89. The summed E-state index contributed by atoms with van der Waals surface area (Å²) in [4.78, 5) is 24.8. The van der Waals surface area contributed by atoms with Gasteiger partial charge in [-0.1, -0.05) is 42.5 Å². The second-order valence-electron chi connectivity index (χ2n) is 7.48. The predicted molar refractivity (Wildman–Crippen MR) is 127 cm³/mol. The first-order valence-electron chi connectivity index (χ1n) is 10.6. The van der Waals surface area contributed by atoms with E-state index in [-0.39, 0.29) is 11.8 Å². The summed E-state index contributed by atoms with van der Waals surface area (Å²) in [5.74, 6) is 0.786. The van der Waals surface area contributed by atoms with Crippen LogP contribution in [0.15, 0.2) is 102 Å². The summed E-state index contributed by atoms with van der Waals surface area (Å²) in [5, 5.41) is 5.59. The van der Waals surface area contributed by atoms with Gasteiger partial charge in [-0.25, -0.2) is 0 Å². The normalized spacial score (nSPS) is 11.4. The van der Waals surface area contributed by atoms with Gasteiger partial charge in [0, 0.05) is 11.3 Å². The molecule has 0 bridgehead atoms. The molecule has 0 radical (unpaired) electrons. The molecule has 0 aliphatic carbocycles. The van der Waals surface area contributed by atoms with Crippen LogP contribution in [-0.4, -0.2) is 17.9 Å². The summed E-state index contributed by atoms with van der Waals surface area (Å²) in [6.07, 6.45) is 0.868. The molecule has 1 heterocycles. The number of carbonyl (C=O) groups excluding carboxylic acids is 2. The number of anilines is 1. The van der Waals surface area contributed by atoms with Crippen LogP contribution in [0, 0.1) is 0 Å². The summed E-state index contributed by atoms with van der Waals surface area (Å²) in [7, 11) is 0. The lowest BCUT2D eigenvalue weighted by atomic mass is 10.1. The summed E-state index contributed by atoms with van der Waals surface area (Å²) in [6, 6.07) is 27.9. The van der Waals surface area contributed by atoms with Crippen LogP contribution in [0.1, 0.15) is 23.0 Å². The predicted octanol–water partition coefficient (Wildman–Crippen LogP) is 5.28. The molecule has 6 heteroatoms. The molecule has 2 N–H and O–H groups in total. The lowest BCUT2D eigenvalue weighted by Crippen LogP contribution is -2.30. The summed E-state index contributed by atoms with van der Waals surface area (Å²) < 4.78 is 11.0. The number of nitrogens with one attached hydrogen (secondary N) is 2. The average Bonchev–Trinajstić information content (AvgIpc) is 3.38. The van der Waals surface area contributed by atoms with Crippen LogP contribution in [-0.2, 0) is 11.3 Å². The molecule has 1 atom stereocenters. The van der Waals surface area contributed by atoms with E-state index < -0.39 is 6.10 Å². The Morgan fingerprint density at radius 1 is 0.848 bits per heavy atom. The van der Waals surface area contributed by atoms with Crippen LogP contribution in [0.2, 0.25) is 0 Å². The summed E-state index contributed by atoms with van der Waals surface area (Å²) in [5.41, 5.74) is 3.26. The van der Waals surface area contributed by atoms with Crippen molar-refractivity contribution in [2.45, 2.75) is 19.6 Å². The molecule has 3 aromatic carbocycles. The molecule has 1 unspecified atom stereocenters. The third-order valence-corrected chi connectivity index (χ3v) is 5.06. The second kappa shape index (κ2) is 10.3. The van der Waals surface area contributed by atoms with Crippen LogP contribution in [0.5, 0.6) is 5.75 Å². The maximum Gasteiger partial charge on any atom is 0.265 e. The molecular formula is C27H24N2O4. The van der Waals surface area contributed by atoms with Gasteiger partial charge >= 0.3 is 0 Å². The zero-order valence-corrected chi connectivity index (χ0v) is 18.2. The maximum atomic E-state index is 12.5. The smallest absolute Gasteiger partial charge is 0.265 e. The van der Waals surface area contributed by atoms with Crippen LogP contribution in [0.25, 0.3) is 11.1 Å². The van der Waals surface area contributed by atoms with Gasteiger partial charge in [-0.2, -0.15) is 0 Å². The molecule has 0 spiro atoms. The van der Waals surface area contributed by atoms with Crippen LogP contribution in [0.4, 0.5) is 5.69 Å². The first-order chi connectivity index (χ1) is 16.1. The average molecular weight is 440 g/mol. The zero-order chi connectivity index (χ0) is 23.0. The van der Waals surface area contributed by atoms with Gasteiger partial charge in [0.05, 0.1) is 12.8 Å². The van der Waals surface area contributed by atoms with Gasteiger partial charge in [-0.15, -0.1) is 0 Å². The van der Waals surface area contributed by atoms with Crippen molar-refractivity contribution >= 4 is 17.5 Å². The van der Waals surface area contributed by atoms with Crippen molar-refractivity contribution < 1.29 is 18.7 Å². The Labute approximate surface area is 192 Å². The van der Waals surface area contributed by atoms with Crippen molar-refractivity contribution in [2.75, 3.05) is 5.32 Å². The summed E-state index contributed by atoms with van der Waals surface area (Å²) in [6.45, 7) is 2.00. The SMILES string of the molecule is CC(Oc1ccc(-c2ccccc2)cc1)C(=O)Nc1ccc(C(=O)NCc2ccco2)cc1. The fourth-order valence-corrected chi connectivity index (χ4v) is 3.25. The molecule has 4 rings (SSSR count). The highest BCUT2D eigenvalue weighted by atomic mass is 16.5. The number of carbonyl (C=O) groups is 2. The first-order valence-corrected chi connectivity index (χ1v) is 10.6. The molecule has 0 fully saturated rings. The molecule has 33 heavy (non-hydrogen) atoms. The molecule has 166 valence electrons. The van der Waals surface area contributed by atoms with Crippen molar-refractivity contribution in [3.8, 4) is 16.9 Å².